The van der Waals surface area contributed by atoms with Crippen molar-refractivity contribution < 1.29 is 23.8 Å². The van der Waals surface area contributed by atoms with Gasteiger partial charge in [0.05, 0.1) is 10.9 Å². The maximum atomic E-state index is 12.5. The minimum absolute atomic E-state index is 0.230. The van der Waals surface area contributed by atoms with E-state index < -0.39 is 5.63 Å². The quantitative estimate of drug-likeness (QED) is 0.380. The van der Waals surface area contributed by atoms with Gasteiger partial charge in [-0.3, -0.25) is 0 Å². The molecule has 0 saturated carbocycles. The fraction of sp³-hybridized carbons (Fsp3) is 0.0556. The Kier molecular flexibility index (Phi) is 2.35. The molecule has 4 aromatic rings. The highest BCUT2D eigenvalue weighted by atomic mass is 16.5. The lowest BCUT2D eigenvalue weighted by Gasteiger charge is -2.13. The molecule has 0 atom stereocenters. The molecule has 0 aliphatic carbocycles. The minimum atomic E-state index is -0.575. The van der Waals surface area contributed by atoms with Crippen LogP contribution >= 0.6 is 0 Å². The largest absolute Gasteiger partial charge is 0.504 e. The molecule has 1 aliphatic heterocycles. The summed E-state index contributed by atoms with van der Waals surface area (Å²) >= 11 is 0. The maximum absolute atomic E-state index is 12.5. The van der Waals surface area contributed by atoms with Gasteiger partial charge in [-0.15, -0.1) is 0 Å². The summed E-state index contributed by atoms with van der Waals surface area (Å²) in [5, 5.41) is 20.6. The van der Waals surface area contributed by atoms with Gasteiger partial charge >= 0.3 is 5.63 Å². The molecule has 0 fully saturated rings. The Morgan fingerprint density at radius 1 is 0.958 bits per heavy atom. The summed E-state index contributed by atoms with van der Waals surface area (Å²) in [6.45, 7) is 0.466. The molecule has 24 heavy (non-hydrogen) atoms. The highest BCUT2D eigenvalue weighted by Gasteiger charge is 2.21. The van der Waals surface area contributed by atoms with Crippen molar-refractivity contribution in [3.63, 3.8) is 0 Å². The van der Waals surface area contributed by atoms with E-state index in [0.717, 1.165) is 0 Å². The van der Waals surface area contributed by atoms with Crippen LogP contribution in [0.3, 0.4) is 0 Å². The number of furan rings is 1. The van der Waals surface area contributed by atoms with Crippen LogP contribution < -0.4 is 10.4 Å². The summed E-state index contributed by atoms with van der Waals surface area (Å²) < 4.78 is 16.8. The van der Waals surface area contributed by atoms with E-state index >= 15 is 0 Å². The second-order valence-corrected chi connectivity index (χ2v) is 5.60. The van der Waals surface area contributed by atoms with Crippen LogP contribution in [0.25, 0.3) is 39.0 Å². The maximum Gasteiger partial charge on any atom is 0.348 e. The van der Waals surface area contributed by atoms with E-state index in [1.807, 2.05) is 12.2 Å². The predicted molar refractivity (Wildman–Crippen MR) is 87.6 cm³/mol. The lowest BCUT2D eigenvalue weighted by Crippen LogP contribution is -2.03. The smallest absolute Gasteiger partial charge is 0.348 e. The Balaban J connectivity index is 2.02. The van der Waals surface area contributed by atoms with Gasteiger partial charge in [0.25, 0.3) is 0 Å². The third-order valence-corrected chi connectivity index (χ3v) is 4.20. The van der Waals surface area contributed by atoms with Crippen LogP contribution in [-0.2, 0) is 0 Å². The number of hydrogen-bond donors (Lipinski definition) is 2. The first-order valence-electron chi connectivity index (χ1n) is 7.31. The Labute approximate surface area is 133 Å². The summed E-state index contributed by atoms with van der Waals surface area (Å²) in [6, 6.07) is 6.13. The summed E-state index contributed by atoms with van der Waals surface area (Å²) in [5.74, 6) is -0.00525. The Hall–Kier alpha value is -3.41. The fourth-order valence-electron chi connectivity index (χ4n) is 3.11. The van der Waals surface area contributed by atoms with E-state index in [1.54, 1.807) is 12.1 Å². The topological polar surface area (TPSA) is 93.0 Å². The van der Waals surface area contributed by atoms with E-state index in [4.69, 9.17) is 13.6 Å². The number of benzene rings is 2. The van der Waals surface area contributed by atoms with E-state index in [-0.39, 0.29) is 16.9 Å². The average molecular weight is 322 g/mol. The molecule has 6 heteroatoms. The Morgan fingerprint density at radius 3 is 2.67 bits per heavy atom. The second-order valence-electron chi connectivity index (χ2n) is 5.60. The van der Waals surface area contributed by atoms with Gasteiger partial charge in [0.1, 0.15) is 23.3 Å². The zero-order chi connectivity index (χ0) is 16.4. The lowest BCUT2D eigenvalue weighted by molar-refractivity contribution is 0.358. The molecule has 2 aromatic heterocycles. The average Bonchev–Trinajstić information content (AvgIpc) is 2.94. The first-order chi connectivity index (χ1) is 11.6. The highest BCUT2D eigenvalue weighted by Crippen LogP contribution is 2.39. The highest BCUT2D eigenvalue weighted by molar-refractivity contribution is 6.14. The van der Waals surface area contributed by atoms with Crippen molar-refractivity contribution in [3.05, 3.63) is 46.3 Å². The summed E-state index contributed by atoms with van der Waals surface area (Å²) in [6.07, 6.45) is 3.68. The predicted octanol–water partition coefficient (Wildman–Crippen LogP) is 3.51. The SMILES string of the molecule is O=c1oc2c3c(ccc2c2oc4cc(O)c(O)cc4c12)OCC=C3. The molecule has 0 amide bonds. The van der Waals surface area contributed by atoms with Crippen LogP contribution in [0.4, 0.5) is 0 Å². The van der Waals surface area contributed by atoms with Crippen molar-refractivity contribution in [2.45, 2.75) is 0 Å². The number of rotatable bonds is 0. The number of fused-ring (bicyclic) bond motifs is 7. The standard InChI is InChI=1S/C18H10O6/c19-11-6-10-14(7-12(11)20)23-17-9-3-4-13-8(2-1-5-22-13)16(9)24-18(21)15(10)17/h1-4,6-7,19-20H,5H2. The third-order valence-electron chi connectivity index (χ3n) is 4.20. The molecule has 6 nitrogen and oxygen atoms in total. The van der Waals surface area contributed by atoms with Crippen LogP contribution in [0.2, 0.25) is 0 Å². The molecule has 2 aromatic carbocycles. The van der Waals surface area contributed by atoms with Gasteiger partial charge in [-0.25, -0.2) is 4.79 Å². The van der Waals surface area contributed by atoms with Crippen LogP contribution in [0.15, 0.2) is 44.0 Å². The number of ether oxygens (including phenoxy) is 1. The van der Waals surface area contributed by atoms with Gasteiger partial charge in [-0.1, -0.05) is 0 Å². The minimum Gasteiger partial charge on any atom is -0.504 e. The molecular formula is C18H10O6. The van der Waals surface area contributed by atoms with Crippen LogP contribution in [0.1, 0.15) is 5.56 Å². The summed E-state index contributed by atoms with van der Waals surface area (Å²) in [5.41, 5.74) is 1.14. The fourth-order valence-corrected chi connectivity index (χ4v) is 3.11. The molecule has 118 valence electrons. The van der Waals surface area contributed by atoms with E-state index in [9.17, 15) is 15.0 Å². The van der Waals surface area contributed by atoms with Gasteiger partial charge in [0, 0.05) is 11.5 Å². The molecule has 2 N–H and O–H groups in total. The molecule has 0 saturated heterocycles. The number of hydrogen-bond acceptors (Lipinski definition) is 6. The molecular weight excluding hydrogens is 312 g/mol. The second kappa shape index (κ2) is 4.32. The number of phenols is 2. The molecule has 0 bridgehead atoms. The van der Waals surface area contributed by atoms with Crippen molar-refractivity contribution in [2.75, 3.05) is 6.61 Å². The molecule has 0 spiro atoms. The van der Waals surface area contributed by atoms with Crippen molar-refractivity contribution in [2.24, 2.45) is 0 Å². The number of aromatic hydroxyl groups is 2. The van der Waals surface area contributed by atoms with E-state index in [2.05, 4.69) is 0 Å². The first kappa shape index (κ1) is 13.1. The normalized spacial score (nSPS) is 13.5. The summed E-state index contributed by atoms with van der Waals surface area (Å²) in [7, 11) is 0. The Morgan fingerprint density at radius 2 is 1.79 bits per heavy atom. The Bertz CT molecular complexity index is 1240. The third kappa shape index (κ3) is 1.57. The van der Waals surface area contributed by atoms with Crippen molar-refractivity contribution in [3.8, 4) is 17.2 Å². The van der Waals surface area contributed by atoms with Crippen molar-refractivity contribution in [1.29, 1.82) is 0 Å². The van der Waals surface area contributed by atoms with Gasteiger partial charge in [0.2, 0.25) is 0 Å². The first-order valence-corrected chi connectivity index (χ1v) is 7.31. The van der Waals surface area contributed by atoms with E-state index in [0.29, 0.717) is 45.4 Å². The van der Waals surface area contributed by atoms with E-state index in [1.165, 1.54) is 12.1 Å². The van der Waals surface area contributed by atoms with Gasteiger partial charge < -0.3 is 23.8 Å². The zero-order valence-electron chi connectivity index (χ0n) is 12.2. The number of phenolic OH excluding ortho intramolecular Hbond substituents is 2. The lowest BCUT2D eigenvalue weighted by atomic mass is 10.1. The molecule has 0 unspecified atom stereocenters. The summed E-state index contributed by atoms with van der Waals surface area (Å²) in [4.78, 5) is 12.5. The van der Waals surface area contributed by atoms with Crippen LogP contribution in [0.5, 0.6) is 17.2 Å². The van der Waals surface area contributed by atoms with Gasteiger partial charge in [0.15, 0.2) is 22.7 Å². The molecule has 3 heterocycles. The van der Waals surface area contributed by atoms with Crippen LogP contribution in [-0.4, -0.2) is 16.8 Å². The van der Waals surface area contributed by atoms with Crippen molar-refractivity contribution in [1.82, 2.24) is 0 Å². The molecule has 1 aliphatic rings. The molecule has 0 radical (unpaired) electrons. The van der Waals surface area contributed by atoms with Gasteiger partial charge in [-0.05, 0) is 30.4 Å². The van der Waals surface area contributed by atoms with Crippen molar-refractivity contribution >= 4 is 39.0 Å². The van der Waals surface area contributed by atoms with Crippen LogP contribution in [0, 0.1) is 0 Å². The zero-order valence-corrected chi connectivity index (χ0v) is 12.2. The molecule has 5 rings (SSSR count). The van der Waals surface area contributed by atoms with Gasteiger partial charge in [-0.2, -0.15) is 0 Å². The monoisotopic (exact) mass is 322 g/mol.